The fourth-order valence-electron chi connectivity index (χ4n) is 4.29. The van der Waals surface area contributed by atoms with Crippen LogP contribution in [0.3, 0.4) is 0 Å². The van der Waals surface area contributed by atoms with Crippen LogP contribution in [0.4, 0.5) is 0 Å². The van der Waals surface area contributed by atoms with Crippen LogP contribution in [-0.2, 0) is 4.79 Å². The van der Waals surface area contributed by atoms with Crippen LogP contribution in [0, 0.1) is 11.8 Å². The summed E-state index contributed by atoms with van der Waals surface area (Å²) < 4.78 is 0. The Hall–Kier alpha value is -0.113. The lowest BCUT2D eigenvalue weighted by atomic mass is 9.77. The monoisotopic (exact) mass is 280 g/mol. The average Bonchev–Trinajstić information content (AvgIpc) is 2.41. The number of hydrogen-bond acceptors (Lipinski definition) is 1. The summed E-state index contributed by atoms with van der Waals surface area (Å²) in [6.45, 7) is 4.97. The van der Waals surface area contributed by atoms with Crippen molar-refractivity contribution >= 4 is 13.9 Å². The molecule has 1 saturated heterocycles. The third-order valence-electron chi connectivity index (χ3n) is 5.88. The number of carbonyl (C=O) groups is 1. The van der Waals surface area contributed by atoms with E-state index in [1.165, 1.54) is 44.9 Å². The van der Waals surface area contributed by atoms with Crippen molar-refractivity contribution in [1.29, 1.82) is 0 Å². The zero-order valence-corrected chi connectivity index (χ0v) is 14.0. The maximum atomic E-state index is 11.3. The van der Waals surface area contributed by atoms with Crippen LogP contribution >= 0.6 is 0 Å². The Morgan fingerprint density at radius 1 is 1.00 bits per heavy atom. The highest BCUT2D eigenvalue weighted by molar-refractivity contribution is 6.78. The molecule has 0 unspecified atom stereocenters. The predicted molar refractivity (Wildman–Crippen MR) is 85.3 cm³/mol. The Bertz CT molecular complexity index is 282. The summed E-state index contributed by atoms with van der Waals surface area (Å²) in [5.74, 6) is 2.39. The van der Waals surface area contributed by atoms with Gasteiger partial charge in [-0.25, -0.2) is 0 Å². The van der Waals surface area contributed by atoms with Gasteiger partial charge in [0, 0.05) is 12.8 Å². The molecule has 0 atom stereocenters. The van der Waals surface area contributed by atoms with Crippen molar-refractivity contribution in [1.82, 2.24) is 0 Å². The first kappa shape index (κ1) is 15.3. The second-order valence-corrected chi connectivity index (χ2v) is 12.6. The molecule has 1 aliphatic carbocycles. The first-order valence-electron chi connectivity index (χ1n) is 8.65. The second-order valence-electron chi connectivity index (χ2n) is 7.48. The first-order valence-corrected chi connectivity index (χ1v) is 11.8. The van der Waals surface area contributed by atoms with Crippen molar-refractivity contribution in [2.75, 3.05) is 0 Å². The van der Waals surface area contributed by atoms with Gasteiger partial charge < -0.3 is 0 Å². The molecule has 0 spiro atoms. The quantitative estimate of drug-likeness (QED) is 0.485. The number of carbonyl (C=O) groups excluding carboxylic acids is 1. The van der Waals surface area contributed by atoms with Gasteiger partial charge >= 0.3 is 0 Å². The van der Waals surface area contributed by atoms with Crippen LogP contribution in [0.5, 0.6) is 0 Å². The van der Waals surface area contributed by atoms with Crippen LogP contribution in [0.2, 0.25) is 24.7 Å². The Morgan fingerprint density at radius 2 is 1.58 bits per heavy atom. The molecule has 2 fully saturated rings. The molecule has 0 aromatic rings. The fourth-order valence-corrected chi connectivity index (χ4v) is 8.28. The van der Waals surface area contributed by atoms with Crippen molar-refractivity contribution in [2.45, 2.75) is 89.4 Å². The van der Waals surface area contributed by atoms with E-state index in [4.69, 9.17) is 0 Å². The van der Waals surface area contributed by atoms with E-state index in [0.717, 1.165) is 24.7 Å². The molecule has 0 radical (unpaired) electrons. The maximum Gasteiger partial charge on any atom is 0.132 e. The van der Waals surface area contributed by atoms with E-state index >= 15 is 0 Å². The second kappa shape index (κ2) is 7.06. The summed E-state index contributed by atoms with van der Waals surface area (Å²) in [5, 5.41) is 0. The van der Waals surface area contributed by atoms with E-state index in [-0.39, 0.29) is 0 Å². The molecule has 19 heavy (non-hydrogen) atoms. The summed E-state index contributed by atoms with van der Waals surface area (Å²) in [7, 11) is -0.860. The molecule has 1 aliphatic heterocycles. The molecule has 1 nitrogen and oxygen atoms in total. The lowest BCUT2D eigenvalue weighted by Crippen LogP contribution is -2.37. The average molecular weight is 281 g/mol. The normalized spacial score (nSPS) is 33.6. The molecule has 0 aromatic carbocycles. The van der Waals surface area contributed by atoms with Crippen LogP contribution < -0.4 is 0 Å². The van der Waals surface area contributed by atoms with E-state index in [1.807, 2.05) is 0 Å². The molecular formula is C17H32OSi. The third kappa shape index (κ3) is 4.44. The van der Waals surface area contributed by atoms with Gasteiger partial charge in [0.05, 0.1) is 8.07 Å². The largest absolute Gasteiger partial charge is 0.300 e. The standard InChI is InChI=1S/C17H32OSi/c1-3-4-5-12-19(2)13-10-16(11-14-19)15-6-8-17(18)9-7-15/h15-16H,3-14H2,1-2H3. The van der Waals surface area contributed by atoms with Gasteiger partial charge in [-0.3, -0.25) is 4.79 Å². The summed E-state index contributed by atoms with van der Waals surface area (Å²) in [6.07, 6.45) is 11.5. The Kier molecular flexibility index (Phi) is 5.67. The molecule has 110 valence electrons. The van der Waals surface area contributed by atoms with E-state index in [2.05, 4.69) is 13.5 Å². The summed E-state index contributed by atoms with van der Waals surface area (Å²) in [5.41, 5.74) is 0. The number of ketones is 1. The molecule has 0 bridgehead atoms. The van der Waals surface area contributed by atoms with E-state index in [9.17, 15) is 4.79 Å². The van der Waals surface area contributed by atoms with Gasteiger partial charge in [-0.15, -0.1) is 0 Å². The molecule has 2 heteroatoms. The highest BCUT2D eigenvalue weighted by atomic mass is 28.3. The molecule has 1 heterocycles. The molecule has 0 aromatic heterocycles. The van der Waals surface area contributed by atoms with Crippen LogP contribution in [0.15, 0.2) is 0 Å². The lowest BCUT2D eigenvalue weighted by molar-refractivity contribution is -0.121. The van der Waals surface area contributed by atoms with Gasteiger partial charge in [-0.2, -0.15) is 0 Å². The van der Waals surface area contributed by atoms with E-state index in [1.54, 1.807) is 18.1 Å². The zero-order chi connectivity index (χ0) is 13.7. The SMILES string of the molecule is CCCCC[Si]1(C)CCC(C2CCC(=O)CC2)CC1. The zero-order valence-electron chi connectivity index (χ0n) is 13.0. The molecule has 0 amide bonds. The van der Waals surface area contributed by atoms with Crippen molar-refractivity contribution in [3.8, 4) is 0 Å². The smallest absolute Gasteiger partial charge is 0.132 e. The highest BCUT2D eigenvalue weighted by Gasteiger charge is 2.36. The van der Waals surface area contributed by atoms with Crippen molar-refractivity contribution in [2.24, 2.45) is 11.8 Å². The van der Waals surface area contributed by atoms with Gasteiger partial charge in [-0.05, 0) is 24.7 Å². The van der Waals surface area contributed by atoms with Crippen molar-refractivity contribution < 1.29 is 4.79 Å². The Labute approximate surface area is 120 Å². The molecule has 1 saturated carbocycles. The Morgan fingerprint density at radius 3 is 2.16 bits per heavy atom. The lowest BCUT2D eigenvalue weighted by Gasteiger charge is -2.40. The number of hydrogen-bond donors (Lipinski definition) is 0. The van der Waals surface area contributed by atoms with Crippen LogP contribution in [-0.4, -0.2) is 13.9 Å². The van der Waals surface area contributed by atoms with Gasteiger partial charge in [0.1, 0.15) is 5.78 Å². The topological polar surface area (TPSA) is 17.1 Å². The predicted octanol–water partition coefficient (Wildman–Crippen LogP) is 5.42. The number of rotatable bonds is 5. The number of unbranched alkanes of at least 4 members (excludes halogenated alkanes) is 2. The Balaban J connectivity index is 1.73. The molecule has 2 aliphatic rings. The van der Waals surface area contributed by atoms with E-state index < -0.39 is 8.07 Å². The van der Waals surface area contributed by atoms with Gasteiger partial charge in [0.25, 0.3) is 0 Å². The fraction of sp³-hybridized carbons (Fsp3) is 0.941. The molecule has 0 N–H and O–H groups in total. The van der Waals surface area contributed by atoms with E-state index in [0.29, 0.717) is 5.78 Å². The van der Waals surface area contributed by atoms with Crippen molar-refractivity contribution in [3.05, 3.63) is 0 Å². The minimum atomic E-state index is -0.860. The maximum absolute atomic E-state index is 11.3. The summed E-state index contributed by atoms with van der Waals surface area (Å²) in [6, 6.07) is 4.73. The molecule has 2 rings (SSSR count). The highest BCUT2D eigenvalue weighted by Crippen LogP contribution is 2.42. The van der Waals surface area contributed by atoms with Gasteiger partial charge in [0.2, 0.25) is 0 Å². The van der Waals surface area contributed by atoms with Crippen molar-refractivity contribution in [3.63, 3.8) is 0 Å². The summed E-state index contributed by atoms with van der Waals surface area (Å²) >= 11 is 0. The van der Waals surface area contributed by atoms with Crippen LogP contribution in [0.1, 0.15) is 64.7 Å². The van der Waals surface area contributed by atoms with Crippen LogP contribution in [0.25, 0.3) is 0 Å². The molecular weight excluding hydrogens is 248 g/mol. The van der Waals surface area contributed by atoms with Gasteiger partial charge in [0.15, 0.2) is 0 Å². The minimum absolute atomic E-state index is 0.519. The first-order chi connectivity index (χ1) is 9.13. The van der Waals surface area contributed by atoms with Gasteiger partial charge in [-0.1, -0.05) is 63.7 Å². The number of Topliss-reactive ketones (excluding diaryl/α,β-unsaturated/α-hetero) is 1. The summed E-state index contributed by atoms with van der Waals surface area (Å²) in [4.78, 5) is 11.3. The minimum Gasteiger partial charge on any atom is -0.300 e. The third-order valence-corrected chi connectivity index (χ3v) is 10.4.